The molecule has 0 aromatic carbocycles. The lowest BCUT2D eigenvalue weighted by Gasteiger charge is -2.19. The molecule has 0 atom stereocenters. The minimum Gasteiger partial charge on any atom is -0.446 e. The molecule has 0 radical (unpaired) electrons. The number of aromatic nitrogens is 1. The number of rotatable bonds is 4. The monoisotopic (exact) mass is 240 g/mol. The van der Waals surface area contributed by atoms with Crippen LogP contribution in [0, 0.1) is 6.92 Å². The normalized spacial score (nSPS) is 11.3. The highest BCUT2D eigenvalue weighted by Crippen LogP contribution is 2.07. The van der Waals surface area contributed by atoms with Gasteiger partial charge in [0.1, 0.15) is 11.4 Å². The van der Waals surface area contributed by atoms with Crippen LogP contribution in [0.5, 0.6) is 0 Å². The highest BCUT2D eigenvalue weighted by atomic mass is 16.6. The van der Waals surface area contributed by atoms with Crippen LogP contribution < -0.4 is 5.32 Å². The topological polar surface area (TPSA) is 64.4 Å². The Labute approximate surface area is 102 Å². The molecule has 0 unspecified atom stereocenters. The van der Waals surface area contributed by atoms with E-state index in [0.717, 1.165) is 12.2 Å². The second-order valence-corrected chi connectivity index (χ2v) is 4.90. The van der Waals surface area contributed by atoms with Gasteiger partial charge in [0.25, 0.3) is 0 Å². The first-order valence-corrected chi connectivity index (χ1v) is 5.75. The third kappa shape index (κ3) is 5.94. The molecule has 1 aromatic rings. The zero-order valence-electron chi connectivity index (χ0n) is 10.9. The van der Waals surface area contributed by atoms with Gasteiger partial charge in [0.2, 0.25) is 0 Å². The molecule has 1 amide bonds. The molecule has 1 aromatic heterocycles. The largest absolute Gasteiger partial charge is 0.446 e. The number of carbonyl (C=O) groups excluding carboxylic acids is 1. The second-order valence-electron chi connectivity index (χ2n) is 4.90. The molecule has 1 heterocycles. The summed E-state index contributed by atoms with van der Waals surface area (Å²) in [4.78, 5) is 15.4. The van der Waals surface area contributed by atoms with Crippen molar-refractivity contribution in [2.24, 2.45) is 0 Å². The fourth-order valence-electron chi connectivity index (χ4n) is 1.26. The molecule has 0 aliphatic rings. The van der Waals surface area contributed by atoms with Crippen LogP contribution in [-0.4, -0.2) is 23.2 Å². The number of ether oxygens (including phenoxy) is 1. The molecule has 0 saturated heterocycles. The number of nitrogens with one attached hydrogen (secondary N) is 1. The number of carbonyl (C=O) groups is 1. The van der Waals surface area contributed by atoms with Crippen LogP contribution in [0.4, 0.5) is 4.79 Å². The summed E-state index contributed by atoms with van der Waals surface area (Å²) in [5.74, 6) is 1.51. The number of amides is 1. The van der Waals surface area contributed by atoms with Crippen molar-refractivity contribution in [3.05, 3.63) is 17.8 Å². The maximum atomic E-state index is 11.3. The van der Waals surface area contributed by atoms with E-state index in [9.17, 15) is 4.79 Å². The van der Waals surface area contributed by atoms with Crippen molar-refractivity contribution < 1.29 is 13.9 Å². The van der Waals surface area contributed by atoms with Crippen LogP contribution in [0.2, 0.25) is 0 Å². The molecule has 1 rings (SSSR count). The van der Waals surface area contributed by atoms with Crippen molar-refractivity contribution in [1.29, 1.82) is 0 Å². The number of oxazole rings is 1. The lowest BCUT2D eigenvalue weighted by atomic mass is 10.2. The smallest absolute Gasteiger partial charge is 0.407 e. The molecule has 1 N–H and O–H groups in total. The average Bonchev–Trinajstić information content (AvgIpc) is 2.56. The summed E-state index contributed by atoms with van der Waals surface area (Å²) in [7, 11) is 0. The Morgan fingerprint density at radius 2 is 2.24 bits per heavy atom. The number of alkyl carbamates (subject to hydrolysis) is 1. The van der Waals surface area contributed by atoms with Crippen molar-refractivity contribution in [2.75, 3.05) is 6.54 Å². The van der Waals surface area contributed by atoms with Gasteiger partial charge in [-0.15, -0.1) is 0 Å². The quantitative estimate of drug-likeness (QED) is 0.821. The van der Waals surface area contributed by atoms with Gasteiger partial charge in [-0.3, -0.25) is 0 Å². The van der Waals surface area contributed by atoms with E-state index in [4.69, 9.17) is 9.15 Å². The van der Waals surface area contributed by atoms with Gasteiger partial charge in [0.15, 0.2) is 5.89 Å². The highest BCUT2D eigenvalue weighted by molar-refractivity contribution is 5.67. The Morgan fingerprint density at radius 1 is 1.53 bits per heavy atom. The van der Waals surface area contributed by atoms with Crippen LogP contribution in [0.1, 0.15) is 38.8 Å². The second kappa shape index (κ2) is 5.70. The van der Waals surface area contributed by atoms with Crippen molar-refractivity contribution in [1.82, 2.24) is 10.3 Å². The number of nitrogens with zero attached hydrogens (tertiary/aromatic N) is 1. The molecule has 17 heavy (non-hydrogen) atoms. The Kier molecular flexibility index (Phi) is 4.54. The van der Waals surface area contributed by atoms with E-state index in [2.05, 4.69) is 10.3 Å². The molecule has 5 heteroatoms. The number of aryl methyl sites for hydroxylation is 2. The van der Waals surface area contributed by atoms with E-state index in [0.29, 0.717) is 18.9 Å². The first-order chi connectivity index (χ1) is 7.87. The maximum Gasteiger partial charge on any atom is 0.407 e. The first kappa shape index (κ1) is 13.5. The summed E-state index contributed by atoms with van der Waals surface area (Å²) < 4.78 is 10.4. The number of hydrogen-bond donors (Lipinski definition) is 1. The Morgan fingerprint density at radius 3 is 2.76 bits per heavy atom. The van der Waals surface area contributed by atoms with Gasteiger partial charge in [-0.25, -0.2) is 9.78 Å². The Balaban J connectivity index is 2.14. The summed E-state index contributed by atoms with van der Waals surface area (Å²) in [6, 6.07) is 0. The van der Waals surface area contributed by atoms with Crippen LogP contribution in [0.3, 0.4) is 0 Å². The van der Waals surface area contributed by atoms with Gasteiger partial charge in [-0.2, -0.15) is 0 Å². The van der Waals surface area contributed by atoms with Gasteiger partial charge >= 0.3 is 6.09 Å². The predicted octanol–water partition coefficient (Wildman–Crippen LogP) is 2.44. The molecule has 0 fully saturated rings. The fraction of sp³-hybridized carbons (Fsp3) is 0.667. The van der Waals surface area contributed by atoms with E-state index >= 15 is 0 Å². The highest BCUT2D eigenvalue weighted by Gasteiger charge is 2.15. The summed E-state index contributed by atoms with van der Waals surface area (Å²) in [5, 5.41) is 2.69. The summed E-state index contributed by atoms with van der Waals surface area (Å²) in [6.45, 7) is 7.91. The minimum atomic E-state index is -0.455. The van der Waals surface area contributed by atoms with Gasteiger partial charge in [-0.1, -0.05) is 0 Å². The number of hydrogen-bond acceptors (Lipinski definition) is 4. The van der Waals surface area contributed by atoms with Crippen LogP contribution in [0.15, 0.2) is 10.6 Å². The standard InChI is InChI=1S/C12H20N2O3/c1-9-8-14-10(16-9)6-5-7-13-11(15)17-12(2,3)4/h8H,5-7H2,1-4H3,(H,13,15). The third-order valence-corrected chi connectivity index (χ3v) is 1.90. The summed E-state index contributed by atoms with van der Waals surface area (Å²) in [6.07, 6.45) is 2.79. The molecule has 5 nitrogen and oxygen atoms in total. The molecule has 0 aliphatic heterocycles. The van der Waals surface area contributed by atoms with E-state index in [1.165, 1.54) is 0 Å². The van der Waals surface area contributed by atoms with Crippen molar-refractivity contribution in [2.45, 2.75) is 46.1 Å². The Bertz CT molecular complexity index is 366. The van der Waals surface area contributed by atoms with E-state index in [1.807, 2.05) is 27.7 Å². The van der Waals surface area contributed by atoms with E-state index in [1.54, 1.807) is 6.20 Å². The lowest BCUT2D eigenvalue weighted by Crippen LogP contribution is -2.33. The van der Waals surface area contributed by atoms with E-state index < -0.39 is 5.60 Å². The van der Waals surface area contributed by atoms with Gasteiger partial charge < -0.3 is 14.5 Å². The van der Waals surface area contributed by atoms with Crippen molar-refractivity contribution in [3.8, 4) is 0 Å². The van der Waals surface area contributed by atoms with Crippen molar-refractivity contribution in [3.63, 3.8) is 0 Å². The predicted molar refractivity (Wildman–Crippen MR) is 63.8 cm³/mol. The molecule has 0 spiro atoms. The third-order valence-electron chi connectivity index (χ3n) is 1.90. The van der Waals surface area contributed by atoms with Gasteiger partial charge in [0.05, 0.1) is 6.20 Å². The molecule has 0 bridgehead atoms. The first-order valence-electron chi connectivity index (χ1n) is 5.75. The molecule has 0 aliphatic carbocycles. The maximum absolute atomic E-state index is 11.3. The lowest BCUT2D eigenvalue weighted by molar-refractivity contribution is 0.0527. The van der Waals surface area contributed by atoms with E-state index in [-0.39, 0.29) is 6.09 Å². The van der Waals surface area contributed by atoms with Crippen LogP contribution in [0.25, 0.3) is 0 Å². The van der Waals surface area contributed by atoms with Gasteiger partial charge in [0, 0.05) is 13.0 Å². The zero-order valence-corrected chi connectivity index (χ0v) is 10.9. The minimum absolute atomic E-state index is 0.388. The van der Waals surface area contributed by atoms with Crippen LogP contribution in [-0.2, 0) is 11.2 Å². The molecule has 0 saturated carbocycles. The SMILES string of the molecule is Cc1cnc(CCCNC(=O)OC(C)(C)C)o1. The van der Waals surface area contributed by atoms with Crippen LogP contribution >= 0.6 is 0 Å². The van der Waals surface area contributed by atoms with Gasteiger partial charge in [-0.05, 0) is 34.1 Å². The molecular formula is C12H20N2O3. The summed E-state index contributed by atoms with van der Waals surface area (Å²) in [5.41, 5.74) is -0.455. The summed E-state index contributed by atoms with van der Waals surface area (Å²) >= 11 is 0. The average molecular weight is 240 g/mol. The zero-order chi connectivity index (χ0) is 12.9. The fourth-order valence-corrected chi connectivity index (χ4v) is 1.26. The molecule has 96 valence electrons. The van der Waals surface area contributed by atoms with Crippen molar-refractivity contribution >= 4 is 6.09 Å². The Hall–Kier alpha value is -1.52. The molecular weight excluding hydrogens is 220 g/mol.